The van der Waals surface area contributed by atoms with E-state index in [9.17, 15) is 9.18 Å². The fourth-order valence-electron chi connectivity index (χ4n) is 3.98. The smallest absolute Gasteiger partial charge is 0.271 e. The molecule has 0 fully saturated rings. The van der Waals surface area contributed by atoms with E-state index in [1.165, 1.54) is 16.8 Å². The maximum atomic E-state index is 14.3. The molecule has 9 nitrogen and oxygen atoms in total. The summed E-state index contributed by atoms with van der Waals surface area (Å²) in [6.45, 7) is 7.32. The van der Waals surface area contributed by atoms with E-state index < -0.39 is 0 Å². The number of carbonyl (C=O) groups excluding carboxylic acids is 1. The Morgan fingerprint density at radius 1 is 1.27 bits per heavy atom. The molecule has 0 radical (unpaired) electrons. The van der Waals surface area contributed by atoms with Crippen LogP contribution in [-0.2, 0) is 6.42 Å². The second kappa shape index (κ2) is 7.95. The molecular weight excluding hydrogens is 423 g/mol. The van der Waals surface area contributed by atoms with E-state index in [2.05, 4.69) is 30.4 Å². The van der Waals surface area contributed by atoms with E-state index in [0.29, 0.717) is 30.1 Å². The monoisotopic (exact) mass is 448 g/mol. The lowest BCUT2D eigenvalue weighted by Crippen LogP contribution is -2.37. The van der Waals surface area contributed by atoms with Crippen LogP contribution in [0.1, 0.15) is 54.4 Å². The molecule has 5 heterocycles. The second-order valence-electron chi connectivity index (χ2n) is 9.37. The van der Waals surface area contributed by atoms with E-state index in [-0.39, 0.29) is 28.9 Å². The molecule has 0 aliphatic carbocycles. The number of fused-ring (bicyclic) bond motifs is 2. The number of nitrogens with one attached hydrogen (secondary N) is 2. The Hall–Kier alpha value is -3.82. The zero-order valence-corrected chi connectivity index (χ0v) is 18.7. The van der Waals surface area contributed by atoms with Gasteiger partial charge in [-0.05, 0) is 23.6 Å². The third-order valence-corrected chi connectivity index (χ3v) is 5.62. The summed E-state index contributed by atoms with van der Waals surface area (Å²) in [5.41, 5.74) is 3.11. The largest absolute Gasteiger partial charge is 0.350 e. The highest BCUT2D eigenvalue weighted by atomic mass is 19.1. The summed E-state index contributed by atoms with van der Waals surface area (Å²) in [6, 6.07) is 4.40. The van der Waals surface area contributed by atoms with Gasteiger partial charge in [-0.3, -0.25) is 4.79 Å². The Morgan fingerprint density at radius 2 is 2.12 bits per heavy atom. The van der Waals surface area contributed by atoms with Crippen LogP contribution in [0.3, 0.4) is 0 Å². The number of H-pyrrole nitrogens is 1. The highest BCUT2D eigenvalue weighted by Gasteiger charge is 2.34. The van der Waals surface area contributed by atoms with Gasteiger partial charge in [-0.25, -0.2) is 23.9 Å². The first-order valence-electron chi connectivity index (χ1n) is 10.8. The van der Waals surface area contributed by atoms with Crippen LogP contribution in [0.15, 0.2) is 43.1 Å². The molecule has 0 spiro atoms. The van der Waals surface area contributed by atoms with Gasteiger partial charge in [-0.1, -0.05) is 20.8 Å². The Balaban J connectivity index is 1.47. The highest BCUT2D eigenvalue weighted by Crippen LogP contribution is 2.35. The van der Waals surface area contributed by atoms with E-state index in [0.717, 1.165) is 17.8 Å². The lowest BCUT2D eigenvalue weighted by Gasteiger charge is -2.34. The van der Waals surface area contributed by atoms with E-state index in [1.54, 1.807) is 30.9 Å². The Labute approximate surface area is 190 Å². The first-order valence-corrected chi connectivity index (χ1v) is 10.8. The minimum atomic E-state index is -0.367. The average Bonchev–Trinajstić information content (AvgIpc) is 3.44. The number of amides is 1. The molecule has 33 heavy (non-hydrogen) atoms. The van der Waals surface area contributed by atoms with Crippen LogP contribution in [0.2, 0.25) is 0 Å². The lowest BCUT2D eigenvalue weighted by atomic mass is 9.97. The number of carbonyl (C=O) groups is 1. The number of imidazole rings is 1. The van der Waals surface area contributed by atoms with Crippen LogP contribution in [0.4, 0.5) is 10.2 Å². The van der Waals surface area contributed by atoms with Crippen molar-refractivity contribution in [2.75, 3.05) is 18.0 Å². The molecule has 0 unspecified atom stereocenters. The Bertz CT molecular complexity index is 1300. The first-order chi connectivity index (χ1) is 15.8. The van der Waals surface area contributed by atoms with Gasteiger partial charge in [0.05, 0.1) is 30.1 Å². The number of hydrogen-bond donors (Lipinski definition) is 2. The molecule has 170 valence electrons. The van der Waals surface area contributed by atoms with E-state index >= 15 is 0 Å². The van der Waals surface area contributed by atoms with Gasteiger partial charge in [-0.2, -0.15) is 5.10 Å². The molecule has 5 rings (SSSR count). The molecule has 1 amide bonds. The lowest BCUT2D eigenvalue weighted by molar-refractivity contribution is 0.0934. The maximum Gasteiger partial charge on any atom is 0.271 e. The SMILES string of the molecule is CC(C)(C)CNC(=O)c1cnc(N2CCc3[nH]cnc3[C@H]2c2cc3c(F)cccn3n2)cn1. The Morgan fingerprint density at radius 3 is 2.85 bits per heavy atom. The van der Waals surface area contributed by atoms with E-state index in [4.69, 9.17) is 0 Å². The van der Waals surface area contributed by atoms with Crippen molar-refractivity contribution >= 4 is 17.2 Å². The van der Waals surface area contributed by atoms with Crippen molar-refractivity contribution in [3.05, 3.63) is 71.7 Å². The molecule has 10 heteroatoms. The predicted octanol–water partition coefficient (Wildman–Crippen LogP) is 2.91. The van der Waals surface area contributed by atoms with Crippen LogP contribution in [-0.4, -0.2) is 48.5 Å². The van der Waals surface area contributed by atoms with Crippen molar-refractivity contribution in [1.82, 2.24) is 34.9 Å². The van der Waals surface area contributed by atoms with Gasteiger partial charge in [0, 0.05) is 31.4 Å². The van der Waals surface area contributed by atoms with Crippen LogP contribution < -0.4 is 10.2 Å². The summed E-state index contributed by atoms with van der Waals surface area (Å²) < 4.78 is 15.8. The van der Waals surface area contributed by atoms with Crippen molar-refractivity contribution < 1.29 is 9.18 Å². The number of halogens is 1. The van der Waals surface area contributed by atoms with Gasteiger partial charge in [0.1, 0.15) is 28.9 Å². The molecule has 0 saturated heterocycles. The quantitative estimate of drug-likeness (QED) is 0.498. The number of aromatic nitrogens is 6. The summed E-state index contributed by atoms with van der Waals surface area (Å²) in [6.07, 6.45) is 7.18. The van der Waals surface area contributed by atoms with Crippen molar-refractivity contribution in [3.8, 4) is 0 Å². The summed E-state index contributed by atoms with van der Waals surface area (Å²) in [5.74, 6) is -0.00518. The molecule has 1 aliphatic rings. The maximum absolute atomic E-state index is 14.3. The van der Waals surface area contributed by atoms with Gasteiger partial charge in [-0.15, -0.1) is 0 Å². The first kappa shape index (κ1) is 21.0. The minimum absolute atomic E-state index is 0.0289. The summed E-state index contributed by atoms with van der Waals surface area (Å²) in [5, 5.41) is 7.50. The number of pyridine rings is 1. The van der Waals surface area contributed by atoms with Gasteiger partial charge in [0.25, 0.3) is 5.91 Å². The standard InChI is InChI=1S/C23H25FN8O/c1-23(2,3)12-27-22(33)17-10-26-19(11-25-17)31-8-6-15-20(29-13-28-15)21(31)16-9-18-14(24)5-4-7-32(18)30-16/h4-5,7,9-11,13,21H,6,8,12H2,1-3H3,(H,27,33)(H,28,29)/t21-/m1/s1. The molecule has 0 bridgehead atoms. The molecule has 1 aliphatic heterocycles. The molecule has 0 aromatic carbocycles. The molecule has 4 aromatic heterocycles. The summed E-state index contributed by atoms with van der Waals surface area (Å²) >= 11 is 0. The van der Waals surface area contributed by atoms with Crippen LogP contribution in [0, 0.1) is 11.2 Å². The number of aromatic amines is 1. The molecule has 4 aromatic rings. The number of hydrogen-bond acceptors (Lipinski definition) is 6. The van der Waals surface area contributed by atoms with Crippen molar-refractivity contribution in [2.45, 2.75) is 33.2 Å². The third kappa shape index (κ3) is 4.04. The topological polar surface area (TPSA) is 104 Å². The van der Waals surface area contributed by atoms with E-state index in [1.807, 2.05) is 25.7 Å². The third-order valence-electron chi connectivity index (χ3n) is 5.62. The zero-order chi connectivity index (χ0) is 23.2. The minimum Gasteiger partial charge on any atom is -0.350 e. The predicted molar refractivity (Wildman–Crippen MR) is 120 cm³/mol. The van der Waals surface area contributed by atoms with Gasteiger partial charge in [0.2, 0.25) is 0 Å². The zero-order valence-electron chi connectivity index (χ0n) is 18.7. The number of rotatable bonds is 4. The molecule has 1 atom stereocenters. The average molecular weight is 449 g/mol. The van der Waals surface area contributed by atoms with Crippen LogP contribution in [0.5, 0.6) is 0 Å². The fraction of sp³-hybridized carbons (Fsp3) is 0.348. The highest BCUT2D eigenvalue weighted by molar-refractivity contribution is 5.92. The molecule has 2 N–H and O–H groups in total. The summed E-state index contributed by atoms with van der Waals surface area (Å²) in [7, 11) is 0. The van der Waals surface area contributed by atoms with Crippen LogP contribution >= 0.6 is 0 Å². The number of nitrogens with zero attached hydrogens (tertiary/aromatic N) is 6. The normalized spacial score (nSPS) is 16.1. The van der Waals surface area contributed by atoms with Gasteiger partial charge >= 0.3 is 0 Å². The van der Waals surface area contributed by atoms with Gasteiger partial charge < -0.3 is 15.2 Å². The van der Waals surface area contributed by atoms with Crippen molar-refractivity contribution in [2.24, 2.45) is 5.41 Å². The Kier molecular flexibility index (Phi) is 5.07. The van der Waals surface area contributed by atoms with Crippen molar-refractivity contribution in [1.29, 1.82) is 0 Å². The van der Waals surface area contributed by atoms with Gasteiger partial charge in [0.15, 0.2) is 0 Å². The second-order valence-corrected chi connectivity index (χ2v) is 9.37. The van der Waals surface area contributed by atoms with Crippen LogP contribution in [0.25, 0.3) is 5.52 Å². The van der Waals surface area contributed by atoms with Crippen molar-refractivity contribution in [3.63, 3.8) is 0 Å². The molecular formula is C23H25FN8O. The summed E-state index contributed by atoms with van der Waals surface area (Å²) in [4.78, 5) is 31.1. The number of anilines is 1. The molecule has 0 saturated carbocycles. The fourth-order valence-corrected chi connectivity index (χ4v) is 3.98.